The van der Waals surface area contributed by atoms with Gasteiger partial charge in [-0.3, -0.25) is 0 Å². The van der Waals surface area contributed by atoms with Crippen LogP contribution in [0.5, 0.6) is 23.0 Å². The van der Waals surface area contributed by atoms with Crippen LogP contribution in [0.4, 0.5) is 8.78 Å². The summed E-state index contributed by atoms with van der Waals surface area (Å²) in [5, 5.41) is 0. The van der Waals surface area contributed by atoms with Gasteiger partial charge in [0, 0.05) is 23.0 Å². The fourth-order valence-electron chi connectivity index (χ4n) is 7.44. The second-order valence-corrected chi connectivity index (χ2v) is 15.4. The number of benzene rings is 4. The molecule has 1 aliphatic heterocycles. The minimum absolute atomic E-state index is 0.00194. The maximum absolute atomic E-state index is 15.0. The van der Waals surface area contributed by atoms with Gasteiger partial charge in [0.1, 0.15) is 34.6 Å². The van der Waals surface area contributed by atoms with E-state index in [1.807, 2.05) is 26.0 Å². The predicted octanol–water partition coefficient (Wildman–Crippen LogP) is 9.42. The van der Waals surface area contributed by atoms with Crippen molar-refractivity contribution >= 4 is 11.9 Å². The molecule has 2 aliphatic carbocycles. The number of halogens is 2. The number of rotatable bonds is 16. The Hall–Kier alpha value is -4.84. The zero-order chi connectivity index (χ0) is 38.8. The van der Waals surface area contributed by atoms with Crippen molar-refractivity contribution in [1.29, 1.82) is 0 Å². The lowest BCUT2D eigenvalue weighted by atomic mass is 9.68. The molecule has 0 bridgehead atoms. The van der Waals surface area contributed by atoms with Crippen LogP contribution in [0.15, 0.2) is 72.8 Å². The Morgan fingerprint density at radius 3 is 1.47 bits per heavy atom. The van der Waals surface area contributed by atoms with Gasteiger partial charge in [0.05, 0.1) is 37.6 Å². The van der Waals surface area contributed by atoms with Crippen LogP contribution in [-0.4, -0.2) is 52.0 Å². The van der Waals surface area contributed by atoms with E-state index in [1.54, 1.807) is 24.3 Å². The number of esters is 2. The molecule has 290 valence electrons. The molecular weight excluding hydrogens is 710 g/mol. The number of hydrogen-bond donors (Lipinski definition) is 0. The van der Waals surface area contributed by atoms with Gasteiger partial charge in [-0.25, -0.2) is 18.4 Å². The van der Waals surface area contributed by atoms with E-state index in [9.17, 15) is 9.59 Å². The van der Waals surface area contributed by atoms with Crippen molar-refractivity contribution in [2.24, 2.45) is 10.8 Å². The van der Waals surface area contributed by atoms with Crippen LogP contribution < -0.4 is 18.9 Å². The molecule has 0 unspecified atom stereocenters. The van der Waals surface area contributed by atoms with E-state index in [1.165, 1.54) is 30.7 Å². The highest BCUT2D eigenvalue weighted by Gasteiger charge is 2.38. The summed E-state index contributed by atoms with van der Waals surface area (Å²) in [6.07, 6.45) is 5.48. The third kappa shape index (κ3) is 7.97. The second-order valence-electron chi connectivity index (χ2n) is 15.4. The monoisotopic (exact) mass is 756 g/mol. The van der Waals surface area contributed by atoms with E-state index in [0.717, 1.165) is 60.1 Å². The minimum Gasteiger partial charge on any atom is -0.467 e. The van der Waals surface area contributed by atoms with Crippen LogP contribution in [0.1, 0.15) is 91.6 Å². The van der Waals surface area contributed by atoms with Crippen molar-refractivity contribution in [3.8, 4) is 34.1 Å². The van der Waals surface area contributed by atoms with Gasteiger partial charge in [-0.1, -0.05) is 46.2 Å². The summed E-state index contributed by atoms with van der Waals surface area (Å²) in [6, 6.07) is 18.4. The molecule has 4 aromatic carbocycles. The number of carbonyl (C=O) groups is 2. The molecule has 7 rings (SSSR count). The first-order valence-corrected chi connectivity index (χ1v) is 18.8. The van der Waals surface area contributed by atoms with E-state index in [-0.39, 0.29) is 58.5 Å². The molecule has 0 aromatic heterocycles. The fraction of sp³-hybridized carbons (Fsp3) is 0.409. The van der Waals surface area contributed by atoms with E-state index in [4.69, 9.17) is 33.2 Å². The zero-order valence-corrected chi connectivity index (χ0v) is 31.6. The summed E-state index contributed by atoms with van der Waals surface area (Å²) in [4.78, 5) is 26.1. The highest BCUT2D eigenvalue weighted by Crippen LogP contribution is 2.51. The number of hydrogen-bond acceptors (Lipinski definition) is 9. The Balaban J connectivity index is 0.951. The Kier molecular flexibility index (Phi) is 11.0. The van der Waals surface area contributed by atoms with Crippen LogP contribution in [0.25, 0.3) is 11.1 Å². The van der Waals surface area contributed by atoms with Gasteiger partial charge in [0.2, 0.25) is 0 Å². The van der Waals surface area contributed by atoms with Crippen LogP contribution in [0.2, 0.25) is 0 Å². The molecule has 55 heavy (non-hydrogen) atoms. The van der Waals surface area contributed by atoms with Crippen LogP contribution in [0, 0.1) is 22.5 Å². The van der Waals surface area contributed by atoms with E-state index >= 15 is 8.78 Å². The lowest BCUT2D eigenvalue weighted by molar-refractivity contribution is -0.162. The predicted molar refractivity (Wildman–Crippen MR) is 200 cm³/mol. The highest BCUT2D eigenvalue weighted by atomic mass is 19.1. The van der Waals surface area contributed by atoms with Crippen LogP contribution >= 0.6 is 0 Å². The molecule has 0 amide bonds. The summed E-state index contributed by atoms with van der Waals surface area (Å²) >= 11 is 0. The van der Waals surface area contributed by atoms with E-state index < -0.39 is 29.0 Å². The van der Waals surface area contributed by atoms with Crippen LogP contribution in [0.3, 0.4) is 0 Å². The summed E-state index contributed by atoms with van der Waals surface area (Å²) in [7, 11) is 0. The molecular formula is C44H46F2O9. The summed E-state index contributed by atoms with van der Waals surface area (Å²) < 4.78 is 69.1. The van der Waals surface area contributed by atoms with Crippen molar-refractivity contribution in [1.82, 2.24) is 0 Å². The molecule has 9 nitrogen and oxygen atoms in total. The molecule has 0 atom stereocenters. The molecule has 0 spiro atoms. The number of carbonyl (C=O) groups excluding carboxylic acids is 2. The van der Waals surface area contributed by atoms with Gasteiger partial charge < -0.3 is 33.2 Å². The van der Waals surface area contributed by atoms with E-state index in [0.29, 0.717) is 26.4 Å². The molecule has 0 radical (unpaired) electrons. The summed E-state index contributed by atoms with van der Waals surface area (Å²) in [6.45, 7) is 10.6. The Morgan fingerprint density at radius 2 is 1.09 bits per heavy atom. The van der Waals surface area contributed by atoms with Crippen molar-refractivity contribution in [2.45, 2.75) is 65.2 Å². The van der Waals surface area contributed by atoms with Crippen molar-refractivity contribution in [3.05, 3.63) is 107 Å². The fourth-order valence-corrected chi connectivity index (χ4v) is 7.44. The van der Waals surface area contributed by atoms with Crippen molar-refractivity contribution < 1.29 is 51.5 Å². The minimum atomic E-state index is -0.855. The molecule has 0 N–H and O–H groups in total. The highest BCUT2D eigenvalue weighted by molar-refractivity contribution is 5.93. The summed E-state index contributed by atoms with van der Waals surface area (Å²) in [5.74, 6) is -2.28. The first-order valence-electron chi connectivity index (χ1n) is 18.8. The smallest absolute Gasteiger partial charge is 0.346 e. The summed E-state index contributed by atoms with van der Waals surface area (Å²) in [5.41, 5.74) is 2.72. The average molecular weight is 757 g/mol. The number of ether oxygens (including phenoxy) is 7. The molecule has 1 saturated heterocycles. The quantitative estimate of drug-likeness (QED) is 0.0479. The van der Waals surface area contributed by atoms with Gasteiger partial charge in [-0.15, -0.1) is 0 Å². The Labute approximate surface area is 319 Å². The van der Waals surface area contributed by atoms with Crippen molar-refractivity contribution in [3.63, 3.8) is 0 Å². The molecule has 1 saturated carbocycles. The topological polar surface area (TPSA) is 98.8 Å². The average Bonchev–Trinajstić information content (AvgIpc) is 3.35. The largest absolute Gasteiger partial charge is 0.467 e. The van der Waals surface area contributed by atoms with Gasteiger partial charge in [-0.2, -0.15) is 0 Å². The van der Waals surface area contributed by atoms with Crippen LogP contribution in [-0.2, 0) is 19.6 Å². The normalized spacial score (nSPS) is 16.9. The first kappa shape index (κ1) is 38.4. The van der Waals surface area contributed by atoms with Gasteiger partial charge in [0.25, 0.3) is 0 Å². The lowest BCUT2D eigenvalue weighted by Gasteiger charge is -2.40. The Bertz CT molecular complexity index is 1910. The molecule has 11 heteroatoms. The Morgan fingerprint density at radius 1 is 0.636 bits per heavy atom. The van der Waals surface area contributed by atoms with E-state index in [2.05, 4.69) is 13.8 Å². The third-order valence-corrected chi connectivity index (χ3v) is 11.5. The maximum atomic E-state index is 15.0. The molecule has 3 aliphatic rings. The van der Waals surface area contributed by atoms with Crippen molar-refractivity contribution in [2.75, 3.05) is 40.0 Å². The second kappa shape index (κ2) is 15.7. The molecule has 2 fully saturated rings. The first-order chi connectivity index (χ1) is 26.4. The molecule has 4 aromatic rings. The van der Waals surface area contributed by atoms with Gasteiger partial charge in [-0.05, 0) is 102 Å². The lowest BCUT2D eigenvalue weighted by Crippen LogP contribution is -2.45. The standard InChI is InChI=1S/C44H46F2O9/c1-5-43(16-7-17-43)22-50-26-52-28-8-14-34(38(45)20-28)40(47)54-30-10-12-32-33-13-11-31(19-37(33)42(3,4)36(32)18-30)55-41(48)35-15-9-29(21-39(35)46)53-27-51-25-44(6-2)23-49-24-44/h8-15,18-21H,5-7,16-17,22-27H2,1-4H3. The van der Waals surface area contributed by atoms with Gasteiger partial charge >= 0.3 is 11.9 Å². The third-order valence-electron chi connectivity index (χ3n) is 11.5. The maximum Gasteiger partial charge on any atom is 0.346 e. The SMILES string of the molecule is CCC1(COCOc2ccc(C(=O)Oc3ccc4c(c3)C(C)(C)c3cc(OC(=O)c5ccc(OCOCC6(CC)COC6)cc5F)ccc3-4)c(F)c2)CCC1. The zero-order valence-electron chi connectivity index (χ0n) is 31.6. The van der Waals surface area contributed by atoms with Gasteiger partial charge in [0.15, 0.2) is 13.6 Å². The number of fused-ring (bicyclic) bond motifs is 3. The molecule has 1 heterocycles.